The van der Waals surface area contributed by atoms with Crippen molar-refractivity contribution in [3.05, 3.63) is 33.9 Å². The largest absolute Gasteiger partial charge is 0.494 e. The third kappa shape index (κ3) is 3.64. The molecule has 24 heavy (non-hydrogen) atoms. The molecule has 1 atom stereocenters. The van der Waals surface area contributed by atoms with Gasteiger partial charge in [0.25, 0.3) is 11.6 Å². The molecule has 0 N–H and O–H groups in total. The zero-order valence-corrected chi connectivity index (χ0v) is 13.7. The summed E-state index contributed by atoms with van der Waals surface area (Å²) in [6.07, 6.45) is 2.01. The number of benzene rings is 1. The molecule has 8 nitrogen and oxygen atoms in total. The van der Waals surface area contributed by atoms with E-state index in [1.807, 2.05) is 0 Å². The summed E-state index contributed by atoms with van der Waals surface area (Å²) in [4.78, 5) is 36.8. The Morgan fingerprint density at radius 2 is 2.12 bits per heavy atom. The van der Waals surface area contributed by atoms with E-state index in [0.29, 0.717) is 25.3 Å². The molecule has 0 bridgehead atoms. The number of ether oxygens (including phenoxy) is 2. The van der Waals surface area contributed by atoms with Gasteiger partial charge in [-0.2, -0.15) is 0 Å². The summed E-state index contributed by atoms with van der Waals surface area (Å²) >= 11 is 0. The van der Waals surface area contributed by atoms with Crippen molar-refractivity contribution in [2.75, 3.05) is 20.3 Å². The number of esters is 1. The number of hydrogen-bond acceptors (Lipinski definition) is 6. The van der Waals surface area contributed by atoms with E-state index in [2.05, 4.69) is 0 Å². The van der Waals surface area contributed by atoms with Crippen LogP contribution in [0, 0.1) is 10.1 Å². The standard InChI is InChI=1S/C16H20N2O6/c1-3-24-11-7-8-13(18(21)22)12(10-11)15(19)17-9-5-4-6-14(17)16(20)23-2/h7-8,10,14H,3-6,9H2,1-2H3/t14-/m1/s1. The summed E-state index contributed by atoms with van der Waals surface area (Å²) in [5.41, 5.74) is -0.389. The van der Waals surface area contributed by atoms with Crippen LogP contribution in [0.3, 0.4) is 0 Å². The number of carbonyl (C=O) groups is 2. The van der Waals surface area contributed by atoms with E-state index in [1.165, 1.54) is 30.2 Å². The lowest BCUT2D eigenvalue weighted by atomic mass is 10.00. The quantitative estimate of drug-likeness (QED) is 0.464. The summed E-state index contributed by atoms with van der Waals surface area (Å²) in [5, 5.41) is 11.3. The summed E-state index contributed by atoms with van der Waals surface area (Å²) in [7, 11) is 1.26. The highest BCUT2D eigenvalue weighted by molar-refractivity contribution is 6.00. The van der Waals surface area contributed by atoms with Crippen molar-refractivity contribution in [3.63, 3.8) is 0 Å². The van der Waals surface area contributed by atoms with Crippen LogP contribution in [-0.2, 0) is 9.53 Å². The summed E-state index contributed by atoms with van der Waals surface area (Å²) in [6, 6.07) is 3.33. The Kier molecular flexibility index (Phi) is 5.73. The Morgan fingerprint density at radius 3 is 2.75 bits per heavy atom. The average Bonchev–Trinajstić information content (AvgIpc) is 2.60. The van der Waals surface area contributed by atoms with Gasteiger partial charge in [-0.1, -0.05) is 0 Å². The second kappa shape index (κ2) is 7.76. The fourth-order valence-electron chi connectivity index (χ4n) is 2.81. The molecule has 1 fully saturated rings. The van der Waals surface area contributed by atoms with Crippen LogP contribution >= 0.6 is 0 Å². The van der Waals surface area contributed by atoms with E-state index in [4.69, 9.17) is 9.47 Å². The average molecular weight is 336 g/mol. The van der Waals surface area contributed by atoms with E-state index in [1.54, 1.807) is 6.92 Å². The highest BCUT2D eigenvalue weighted by Crippen LogP contribution is 2.28. The van der Waals surface area contributed by atoms with E-state index in [9.17, 15) is 19.7 Å². The third-order valence-corrected chi connectivity index (χ3v) is 3.94. The zero-order valence-electron chi connectivity index (χ0n) is 13.7. The van der Waals surface area contributed by atoms with Crippen molar-refractivity contribution in [2.45, 2.75) is 32.2 Å². The maximum atomic E-state index is 12.9. The molecule has 1 amide bonds. The molecule has 1 aromatic rings. The number of nitro benzene ring substituents is 1. The SMILES string of the molecule is CCOc1ccc([N+](=O)[O-])c(C(=O)N2CCCC[C@@H]2C(=O)OC)c1. The first kappa shape index (κ1) is 17.7. The van der Waals surface area contributed by atoms with E-state index in [0.717, 1.165) is 12.8 Å². The second-order valence-corrected chi connectivity index (χ2v) is 5.40. The van der Waals surface area contributed by atoms with Gasteiger partial charge in [0.15, 0.2) is 0 Å². The van der Waals surface area contributed by atoms with Gasteiger partial charge < -0.3 is 14.4 Å². The van der Waals surface area contributed by atoms with Gasteiger partial charge in [0, 0.05) is 12.6 Å². The van der Waals surface area contributed by atoms with Crippen LogP contribution in [0.4, 0.5) is 5.69 Å². The minimum absolute atomic E-state index is 0.0817. The highest BCUT2D eigenvalue weighted by atomic mass is 16.6. The van der Waals surface area contributed by atoms with Gasteiger partial charge in [-0.25, -0.2) is 4.79 Å². The van der Waals surface area contributed by atoms with E-state index in [-0.39, 0.29) is 11.3 Å². The van der Waals surface area contributed by atoms with Gasteiger partial charge in [-0.15, -0.1) is 0 Å². The summed E-state index contributed by atoms with van der Waals surface area (Å²) in [5.74, 6) is -0.692. The Morgan fingerprint density at radius 1 is 1.38 bits per heavy atom. The minimum Gasteiger partial charge on any atom is -0.494 e. The van der Waals surface area contributed by atoms with Crippen LogP contribution < -0.4 is 4.74 Å². The molecule has 0 unspecified atom stereocenters. The second-order valence-electron chi connectivity index (χ2n) is 5.40. The number of likely N-dealkylation sites (tertiary alicyclic amines) is 1. The van der Waals surface area contributed by atoms with Crippen molar-refractivity contribution >= 4 is 17.6 Å². The Labute approximate surface area is 139 Å². The molecule has 1 saturated heterocycles. The maximum Gasteiger partial charge on any atom is 0.328 e. The van der Waals surface area contributed by atoms with Crippen molar-refractivity contribution in [3.8, 4) is 5.75 Å². The van der Waals surface area contributed by atoms with Crippen LogP contribution in [-0.4, -0.2) is 48.0 Å². The number of nitrogens with zero attached hydrogens (tertiary/aromatic N) is 2. The molecule has 0 saturated carbocycles. The number of rotatable bonds is 5. The van der Waals surface area contributed by atoms with Gasteiger partial charge >= 0.3 is 5.97 Å². The first-order valence-electron chi connectivity index (χ1n) is 7.79. The van der Waals surface area contributed by atoms with Crippen LogP contribution in [0.1, 0.15) is 36.5 Å². The van der Waals surface area contributed by atoms with Gasteiger partial charge in [-0.05, 0) is 38.3 Å². The van der Waals surface area contributed by atoms with Crippen LogP contribution in [0.5, 0.6) is 5.75 Å². The molecular formula is C16H20N2O6. The Bertz CT molecular complexity index is 645. The number of piperidine rings is 1. The summed E-state index contributed by atoms with van der Waals surface area (Å²) < 4.78 is 10.1. The number of amides is 1. The first-order valence-corrected chi connectivity index (χ1v) is 7.79. The lowest BCUT2D eigenvalue weighted by Crippen LogP contribution is -2.48. The smallest absolute Gasteiger partial charge is 0.328 e. The molecule has 1 aliphatic rings. The molecule has 1 aromatic carbocycles. The zero-order chi connectivity index (χ0) is 17.7. The maximum absolute atomic E-state index is 12.9. The van der Waals surface area contributed by atoms with E-state index < -0.39 is 22.8 Å². The fraction of sp³-hybridized carbons (Fsp3) is 0.500. The molecule has 0 radical (unpaired) electrons. The summed E-state index contributed by atoms with van der Waals surface area (Å²) in [6.45, 7) is 2.51. The molecule has 0 spiro atoms. The molecule has 1 heterocycles. The molecule has 1 aliphatic heterocycles. The van der Waals surface area contributed by atoms with Gasteiger partial charge in [0.1, 0.15) is 17.4 Å². The monoisotopic (exact) mass is 336 g/mol. The lowest BCUT2D eigenvalue weighted by molar-refractivity contribution is -0.385. The third-order valence-electron chi connectivity index (χ3n) is 3.94. The van der Waals surface area contributed by atoms with Crippen LogP contribution in [0.25, 0.3) is 0 Å². The van der Waals surface area contributed by atoms with Crippen molar-refractivity contribution < 1.29 is 24.0 Å². The number of carbonyl (C=O) groups excluding carboxylic acids is 2. The number of nitro groups is 1. The minimum atomic E-state index is -0.716. The Hall–Kier alpha value is -2.64. The van der Waals surface area contributed by atoms with Crippen LogP contribution in [0.2, 0.25) is 0 Å². The fourth-order valence-corrected chi connectivity index (χ4v) is 2.81. The molecule has 2 rings (SSSR count). The molecule has 130 valence electrons. The van der Waals surface area contributed by atoms with E-state index >= 15 is 0 Å². The number of methoxy groups -OCH3 is 1. The Balaban J connectivity index is 2.40. The highest BCUT2D eigenvalue weighted by Gasteiger charge is 2.36. The lowest BCUT2D eigenvalue weighted by Gasteiger charge is -2.33. The van der Waals surface area contributed by atoms with Crippen molar-refractivity contribution in [1.29, 1.82) is 0 Å². The first-order chi connectivity index (χ1) is 11.5. The van der Waals surface area contributed by atoms with Crippen LogP contribution in [0.15, 0.2) is 18.2 Å². The van der Waals surface area contributed by atoms with Gasteiger partial charge in [-0.3, -0.25) is 14.9 Å². The number of hydrogen-bond donors (Lipinski definition) is 0. The molecule has 0 aliphatic carbocycles. The van der Waals surface area contributed by atoms with Gasteiger partial charge in [0.2, 0.25) is 0 Å². The molecule has 8 heteroatoms. The topological polar surface area (TPSA) is 99.0 Å². The predicted molar refractivity (Wildman–Crippen MR) is 85.0 cm³/mol. The van der Waals surface area contributed by atoms with Crippen molar-refractivity contribution in [1.82, 2.24) is 4.90 Å². The normalized spacial score (nSPS) is 17.2. The van der Waals surface area contributed by atoms with Crippen molar-refractivity contribution in [2.24, 2.45) is 0 Å². The van der Waals surface area contributed by atoms with Gasteiger partial charge in [0.05, 0.1) is 18.6 Å². The molecule has 0 aromatic heterocycles. The molecular weight excluding hydrogens is 316 g/mol. The predicted octanol–water partition coefficient (Wildman–Crippen LogP) is 2.16.